The van der Waals surface area contributed by atoms with Gasteiger partial charge in [0.15, 0.2) is 5.69 Å². The lowest BCUT2D eigenvalue weighted by molar-refractivity contribution is 0.0297. The van der Waals surface area contributed by atoms with Crippen LogP contribution in [0, 0.1) is 0 Å². The Bertz CT molecular complexity index is 976. The maximum absolute atomic E-state index is 13.4. The third-order valence-electron chi connectivity index (χ3n) is 7.31. The van der Waals surface area contributed by atoms with Gasteiger partial charge in [-0.05, 0) is 37.8 Å². The van der Waals surface area contributed by atoms with Crippen LogP contribution in [-0.4, -0.2) is 89.1 Å². The van der Waals surface area contributed by atoms with E-state index in [9.17, 15) is 9.90 Å². The summed E-state index contributed by atoms with van der Waals surface area (Å²) in [6.07, 6.45) is 3.98. The summed E-state index contributed by atoms with van der Waals surface area (Å²) in [5.41, 5.74) is 4.01. The summed E-state index contributed by atoms with van der Waals surface area (Å²) in [6.45, 7) is 9.24. The summed E-state index contributed by atoms with van der Waals surface area (Å²) in [7, 11) is 0. The highest BCUT2D eigenvalue weighted by Gasteiger charge is 2.34. The van der Waals surface area contributed by atoms with Crippen LogP contribution in [0.15, 0.2) is 24.3 Å². The van der Waals surface area contributed by atoms with E-state index >= 15 is 0 Å². The van der Waals surface area contributed by atoms with Crippen molar-refractivity contribution in [2.75, 3.05) is 57.4 Å². The number of phenols is 1. The molecule has 0 radical (unpaired) electrons. The minimum Gasteiger partial charge on any atom is -0.506 e. The van der Waals surface area contributed by atoms with E-state index in [1.165, 1.54) is 11.3 Å². The predicted molar refractivity (Wildman–Crippen MR) is 127 cm³/mol. The van der Waals surface area contributed by atoms with Gasteiger partial charge in [-0.2, -0.15) is 5.10 Å². The molecule has 2 aromatic rings. The van der Waals surface area contributed by atoms with Gasteiger partial charge in [-0.3, -0.25) is 14.4 Å². The summed E-state index contributed by atoms with van der Waals surface area (Å²) >= 11 is 0. The molecule has 3 aliphatic rings. The summed E-state index contributed by atoms with van der Waals surface area (Å²) < 4.78 is 7.53. The highest BCUT2D eigenvalue weighted by Crippen LogP contribution is 2.31. The molecule has 1 N–H and O–H groups in total. The van der Waals surface area contributed by atoms with Crippen LogP contribution in [0.2, 0.25) is 0 Å². The van der Waals surface area contributed by atoms with Crippen LogP contribution >= 0.6 is 0 Å². The molecule has 1 amide bonds. The van der Waals surface area contributed by atoms with E-state index < -0.39 is 0 Å². The van der Waals surface area contributed by atoms with Gasteiger partial charge >= 0.3 is 0 Å². The normalized spacial score (nSPS) is 21.8. The van der Waals surface area contributed by atoms with Crippen molar-refractivity contribution in [3.63, 3.8) is 0 Å². The minimum atomic E-state index is 0.0643. The molecule has 0 spiro atoms. The molecular weight excluding hydrogens is 418 g/mol. The zero-order valence-electron chi connectivity index (χ0n) is 19.6. The second kappa shape index (κ2) is 9.73. The van der Waals surface area contributed by atoms with Crippen LogP contribution in [0.4, 0.5) is 5.69 Å². The molecule has 1 unspecified atom stereocenters. The second-order valence-electron chi connectivity index (χ2n) is 9.31. The summed E-state index contributed by atoms with van der Waals surface area (Å²) in [5, 5.41) is 15.0. The van der Waals surface area contributed by atoms with Crippen molar-refractivity contribution in [1.82, 2.24) is 19.6 Å². The molecule has 2 saturated heterocycles. The number of benzene rings is 1. The zero-order chi connectivity index (χ0) is 22.8. The predicted octanol–water partition coefficient (Wildman–Crippen LogP) is 2.15. The second-order valence-corrected chi connectivity index (χ2v) is 9.31. The number of morpholine rings is 1. The number of ether oxygens (including phenoxy) is 1. The Morgan fingerprint density at radius 3 is 2.61 bits per heavy atom. The first-order valence-corrected chi connectivity index (χ1v) is 12.4. The number of fused-ring (bicyclic) bond motifs is 1. The molecule has 5 rings (SSSR count). The van der Waals surface area contributed by atoms with Gasteiger partial charge in [-0.1, -0.05) is 19.1 Å². The number of aromatic nitrogens is 2. The third kappa shape index (κ3) is 4.46. The molecule has 8 nitrogen and oxygen atoms in total. The number of aromatic hydroxyl groups is 1. The number of carbonyl (C=O) groups is 1. The maximum Gasteiger partial charge on any atom is 0.274 e. The molecule has 1 aromatic carbocycles. The fourth-order valence-corrected chi connectivity index (χ4v) is 5.53. The lowest BCUT2D eigenvalue weighted by Gasteiger charge is -2.41. The van der Waals surface area contributed by atoms with Gasteiger partial charge in [0.2, 0.25) is 0 Å². The van der Waals surface area contributed by atoms with Crippen molar-refractivity contribution in [1.29, 1.82) is 0 Å². The molecule has 178 valence electrons. The van der Waals surface area contributed by atoms with Gasteiger partial charge in [0.1, 0.15) is 5.75 Å². The summed E-state index contributed by atoms with van der Waals surface area (Å²) in [6, 6.07) is 8.02. The fourth-order valence-electron chi connectivity index (χ4n) is 5.53. The number of amides is 1. The summed E-state index contributed by atoms with van der Waals surface area (Å²) in [4.78, 5) is 20.1. The van der Waals surface area contributed by atoms with Crippen LogP contribution in [0.5, 0.6) is 5.75 Å². The number of rotatable bonds is 5. The molecule has 8 heteroatoms. The molecule has 0 saturated carbocycles. The molecular formula is C25H35N5O3. The quantitative estimate of drug-likeness (QED) is 0.748. The number of anilines is 1. The lowest BCUT2D eigenvalue weighted by atomic mass is 9.89. The monoisotopic (exact) mass is 453 g/mol. The first-order chi connectivity index (χ1) is 16.2. The van der Waals surface area contributed by atoms with Gasteiger partial charge < -0.3 is 19.6 Å². The topological polar surface area (TPSA) is 74.1 Å². The lowest BCUT2D eigenvalue weighted by Crippen LogP contribution is -2.52. The van der Waals surface area contributed by atoms with Crippen LogP contribution < -0.4 is 4.90 Å². The van der Waals surface area contributed by atoms with Crippen LogP contribution in [-0.2, 0) is 24.1 Å². The van der Waals surface area contributed by atoms with Gasteiger partial charge in [-0.25, -0.2) is 0 Å². The van der Waals surface area contributed by atoms with E-state index in [-0.39, 0.29) is 5.91 Å². The molecule has 1 aliphatic carbocycles. The van der Waals surface area contributed by atoms with Gasteiger partial charge in [0, 0.05) is 63.1 Å². The van der Waals surface area contributed by atoms with Gasteiger partial charge in [-0.15, -0.1) is 0 Å². The highest BCUT2D eigenvalue weighted by molar-refractivity contribution is 5.94. The molecule has 1 aromatic heterocycles. The smallest absolute Gasteiger partial charge is 0.274 e. The van der Waals surface area contributed by atoms with E-state index in [1.54, 1.807) is 6.07 Å². The molecule has 2 aliphatic heterocycles. The van der Waals surface area contributed by atoms with Crippen molar-refractivity contribution in [3.05, 3.63) is 41.2 Å². The molecule has 2 fully saturated rings. The Morgan fingerprint density at radius 2 is 1.88 bits per heavy atom. The number of hydrogen-bond acceptors (Lipinski definition) is 6. The SMILES string of the molecule is CCCn1nc(C(=O)N2CCOCC2)c2c1CCC(N1CCN(c3ccccc3O)CC1)C2. The van der Waals surface area contributed by atoms with Crippen LogP contribution in [0.1, 0.15) is 41.5 Å². The first-order valence-electron chi connectivity index (χ1n) is 12.4. The Morgan fingerprint density at radius 1 is 1.12 bits per heavy atom. The highest BCUT2D eigenvalue weighted by atomic mass is 16.5. The first kappa shape index (κ1) is 22.2. The van der Waals surface area contributed by atoms with Crippen LogP contribution in [0.25, 0.3) is 0 Å². The van der Waals surface area contributed by atoms with Crippen LogP contribution in [0.3, 0.4) is 0 Å². The number of phenolic OH excluding ortho intramolecular Hbond substituents is 1. The van der Waals surface area contributed by atoms with Crippen molar-refractivity contribution in [3.8, 4) is 5.75 Å². The Labute approximate surface area is 195 Å². The van der Waals surface area contributed by atoms with E-state index in [0.717, 1.165) is 64.1 Å². The standard InChI is InChI=1S/C25H35N5O3/c1-2-9-30-21-8-7-19(18-20(21)24(26-30)25(32)29-14-16-33-17-15-29)27-10-12-28(13-11-27)22-5-3-4-6-23(22)31/h3-6,19,31H,2,7-18H2,1H3. The molecule has 0 bridgehead atoms. The molecule has 1 atom stereocenters. The van der Waals surface area contributed by atoms with Crippen molar-refractivity contribution < 1.29 is 14.6 Å². The number of carbonyl (C=O) groups excluding carboxylic acids is 1. The number of para-hydroxylation sites is 2. The molecule has 33 heavy (non-hydrogen) atoms. The third-order valence-corrected chi connectivity index (χ3v) is 7.31. The minimum absolute atomic E-state index is 0.0643. The number of nitrogens with zero attached hydrogens (tertiary/aromatic N) is 5. The zero-order valence-corrected chi connectivity index (χ0v) is 19.6. The van der Waals surface area contributed by atoms with E-state index in [1.807, 2.05) is 23.1 Å². The number of hydrogen-bond donors (Lipinski definition) is 1. The number of piperazine rings is 1. The van der Waals surface area contributed by atoms with E-state index in [0.29, 0.717) is 43.8 Å². The van der Waals surface area contributed by atoms with Gasteiger partial charge in [0.05, 0.1) is 18.9 Å². The van der Waals surface area contributed by atoms with Crippen molar-refractivity contribution >= 4 is 11.6 Å². The Balaban J connectivity index is 1.31. The number of aryl methyl sites for hydroxylation is 1. The van der Waals surface area contributed by atoms with Crippen molar-refractivity contribution in [2.24, 2.45) is 0 Å². The van der Waals surface area contributed by atoms with Crippen molar-refractivity contribution in [2.45, 2.75) is 45.2 Å². The van der Waals surface area contributed by atoms with E-state index in [4.69, 9.17) is 9.84 Å². The largest absolute Gasteiger partial charge is 0.506 e. The Hall–Kier alpha value is -2.58. The maximum atomic E-state index is 13.4. The summed E-state index contributed by atoms with van der Waals surface area (Å²) in [5.74, 6) is 0.414. The Kier molecular flexibility index (Phi) is 6.55. The average Bonchev–Trinajstić information content (AvgIpc) is 3.22. The van der Waals surface area contributed by atoms with Gasteiger partial charge in [0.25, 0.3) is 5.91 Å². The molecule has 3 heterocycles. The van der Waals surface area contributed by atoms with E-state index in [2.05, 4.69) is 21.4 Å². The fraction of sp³-hybridized carbons (Fsp3) is 0.600. The average molecular weight is 454 g/mol.